The van der Waals surface area contributed by atoms with E-state index in [0.29, 0.717) is 13.2 Å². The monoisotopic (exact) mass is 366 g/mol. The minimum Gasteiger partial charge on any atom is -0.465 e. The average Bonchev–Trinajstić information content (AvgIpc) is 3.48. The van der Waals surface area contributed by atoms with Crippen molar-refractivity contribution in [2.75, 3.05) is 13.2 Å². The molecule has 0 amide bonds. The molecule has 0 aromatic rings. The first-order valence-electron chi connectivity index (χ1n) is 9.98. The van der Waals surface area contributed by atoms with E-state index >= 15 is 0 Å². The Balaban J connectivity index is 1.12. The van der Waals surface area contributed by atoms with Crippen molar-refractivity contribution in [3.63, 3.8) is 0 Å². The van der Waals surface area contributed by atoms with Gasteiger partial charge in [-0.15, -0.1) is 0 Å². The van der Waals surface area contributed by atoms with Crippen LogP contribution in [-0.2, 0) is 28.5 Å². The molecule has 0 spiro atoms. The van der Waals surface area contributed by atoms with Crippen LogP contribution in [0.1, 0.15) is 59.3 Å². The first-order chi connectivity index (χ1) is 12.3. The van der Waals surface area contributed by atoms with Gasteiger partial charge in [0.05, 0.1) is 48.5 Å². The van der Waals surface area contributed by atoms with E-state index in [1.165, 1.54) is 0 Å². The van der Waals surface area contributed by atoms with Gasteiger partial charge in [0.2, 0.25) is 0 Å². The van der Waals surface area contributed by atoms with E-state index in [4.69, 9.17) is 18.9 Å². The van der Waals surface area contributed by atoms with E-state index in [0.717, 1.165) is 38.5 Å². The van der Waals surface area contributed by atoms with Gasteiger partial charge in [0.15, 0.2) is 0 Å². The molecule has 0 aromatic heterocycles. The molecule has 2 saturated carbocycles. The van der Waals surface area contributed by atoms with Crippen LogP contribution < -0.4 is 0 Å². The first kappa shape index (κ1) is 18.2. The Morgan fingerprint density at radius 1 is 0.923 bits per heavy atom. The molecule has 2 aliphatic heterocycles. The van der Waals surface area contributed by atoms with Crippen LogP contribution >= 0.6 is 0 Å². The summed E-state index contributed by atoms with van der Waals surface area (Å²) >= 11 is 0. The number of carbonyl (C=O) groups excluding carboxylic acids is 2. The van der Waals surface area contributed by atoms with E-state index < -0.39 is 0 Å². The van der Waals surface area contributed by atoms with Gasteiger partial charge >= 0.3 is 11.9 Å². The molecule has 6 nitrogen and oxygen atoms in total. The number of hydrogen-bond acceptors (Lipinski definition) is 6. The number of epoxide rings is 2. The molecular weight excluding hydrogens is 336 g/mol. The summed E-state index contributed by atoms with van der Waals surface area (Å²) in [5, 5.41) is 0. The number of hydrogen-bond donors (Lipinski definition) is 0. The smallest absolute Gasteiger partial charge is 0.309 e. The molecule has 4 rings (SSSR count). The van der Waals surface area contributed by atoms with Gasteiger partial charge in [-0.25, -0.2) is 0 Å². The molecule has 6 unspecified atom stereocenters. The Kier molecular flexibility index (Phi) is 4.55. The highest BCUT2D eigenvalue weighted by molar-refractivity contribution is 5.73. The number of esters is 2. The average molecular weight is 366 g/mol. The second-order valence-electron chi connectivity index (χ2n) is 9.15. The standard InChI is InChI=1S/C20H30O6/c1-12(10-23-17(21)13-4-6-19(2)15(8-13)25-19)11-24-18(22)14-5-7-20(3)16(9-14)26-20/h12-16H,4-11H2,1-3H3. The van der Waals surface area contributed by atoms with E-state index in [2.05, 4.69) is 13.8 Å². The molecule has 2 aliphatic carbocycles. The molecule has 0 radical (unpaired) electrons. The number of carbonyl (C=O) groups is 2. The fraction of sp³-hybridized carbons (Fsp3) is 0.900. The predicted octanol–water partition coefficient (Wildman–Crippen LogP) is 2.62. The van der Waals surface area contributed by atoms with E-state index in [9.17, 15) is 9.59 Å². The zero-order valence-electron chi connectivity index (χ0n) is 16.0. The lowest BCUT2D eigenvalue weighted by atomic mass is 9.83. The molecule has 146 valence electrons. The van der Waals surface area contributed by atoms with Crippen molar-refractivity contribution in [2.24, 2.45) is 17.8 Å². The molecule has 26 heavy (non-hydrogen) atoms. The Morgan fingerprint density at radius 2 is 1.35 bits per heavy atom. The second-order valence-corrected chi connectivity index (χ2v) is 9.15. The van der Waals surface area contributed by atoms with Gasteiger partial charge in [-0.05, 0) is 52.4 Å². The van der Waals surface area contributed by atoms with Crippen molar-refractivity contribution in [1.82, 2.24) is 0 Å². The molecule has 2 heterocycles. The van der Waals surface area contributed by atoms with Gasteiger partial charge in [-0.2, -0.15) is 0 Å². The summed E-state index contributed by atoms with van der Waals surface area (Å²) in [7, 11) is 0. The molecule has 2 saturated heterocycles. The molecule has 0 aromatic carbocycles. The van der Waals surface area contributed by atoms with Gasteiger partial charge in [0.1, 0.15) is 0 Å². The summed E-state index contributed by atoms with van der Waals surface area (Å²) in [6.45, 7) is 6.74. The van der Waals surface area contributed by atoms with Gasteiger partial charge < -0.3 is 18.9 Å². The highest BCUT2D eigenvalue weighted by Crippen LogP contribution is 2.50. The third-order valence-electron chi connectivity index (χ3n) is 6.73. The summed E-state index contributed by atoms with van der Waals surface area (Å²) in [6, 6.07) is 0. The maximum atomic E-state index is 12.2. The summed E-state index contributed by atoms with van der Waals surface area (Å²) in [5.74, 6) is -0.392. The van der Waals surface area contributed by atoms with E-state index in [1.807, 2.05) is 6.92 Å². The normalized spacial score (nSPS) is 44.3. The van der Waals surface area contributed by atoms with Crippen molar-refractivity contribution >= 4 is 11.9 Å². The van der Waals surface area contributed by atoms with Gasteiger partial charge in [-0.3, -0.25) is 9.59 Å². The zero-order chi connectivity index (χ0) is 18.5. The third-order valence-corrected chi connectivity index (χ3v) is 6.73. The Hall–Kier alpha value is -1.14. The summed E-state index contributed by atoms with van der Waals surface area (Å²) < 4.78 is 22.2. The Morgan fingerprint density at radius 3 is 1.73 bits per heavy atom. The van der Waals surface area contributed by atoms with E-state index in [-0.39, 0.29) is 53.1 Å². The minimum atomic E-state index is -0.141. The van der Waals surface area contributed by atoms with Crippen molar-refractivity contribution in [3.8, 4) is 0 Å². The fourth-order valence-electron chi connectivity index (χ4n) is 4.45. The molecule has 0 N–H and O–H groups in total. The topological polar surface area (TPSA) is 77.7 Å². The minimum absolute atomic E-state index is 0.0000345. The Bertz CT molecular complexity index is 541. The van der Waals surface area contributed by atoms with E-state index in [1.54, 1.807) is 0 Å². The lowest BCUT2D eigenvalue weighted by Gasteiger charge is -2.23. The lowest BCUT2D eigenvalue weighted by molar-refractivity contribution is -0.154. The first-order valence-corrected chi connectivity index (χ1v) is 9.98. The molecule has 4 fully saturated rings. The molecule has 6 atom stereocenters. The highest BCUT2D eigenvalue weighted by Gasteiger charge is 2.57. The lowest BCUT2D eigenvalue weighted by Crippen LogP contribution is -2.30. The summed E-state index contributed by atoms with van der Waals surface area (Å²) in [6.07, 6.45) is 5.49. The second kappa shape index (κ2) is 6.48. The van der Waals surface area contributed by atoms with Crippen LogP contribution in [0.5, 0.6) is 0 Å². The van der Waals surface area contributed by atoms with Crippen LogP contribution in [0.4, 0.5) is 0 Å². The highest BCUT2D eigenvalue weighted by atomic mass is 16.6. The summed E-state index contributed by atoms with van der Waals surface area (Å²) in [4.78, 5) is 24.5. The van der Waals surface area contributed by atoms with Crippen LogP contribution in [0.2, 0.25) is 0 Å². The number of ether oxygens (including phenoxy) is 4. The SMILES string of the molecule is CC(COC(=O)C1CCC2(C)OC2C1)COC(=O)C1CCC2(C)OC2C1. The fourth-order valence-corrected chi connectivity index (χ4v) is 4.45. The van der Waals surface area contributed by atoms with Crippen molar-refractivity contribution in [3.05, 3.63) is 0 Å². The maximum Gasteiger partial charge on any atom is 0.309 e. The van der Waals surface area contributed by atoms with Crippen molar-refractivity contribution in [2.45, 2.75) is 82.7 Å². The molecule has 0 bridgehead atoms. The summed E-state index contributed by atoms with van der Waals surface area (Å²) in [5.41, 5.74) is 0.0284. The molecular formula is C20H30O6. The maximum absolute atomic E-state index is 12.2. The molecule has 6 heteroatoms. The van der Waals surface area contributed by atoms with Crippen LogP contribution in [0.25, 0.3) is 0 Å². The van der Waals surface area contributed by atoms with Crippen LogP contribution in [0.15, 0.2) is 0 Å². The van der Waals surface area contributed by atoms with Crippen LogP contribution in [0, 0.1) is 17.8 Å². The predicted molar refractivity (Wildman–Crippen MR) is 92.3 cm³/mol. The van der Waals surface area contributed by atoms with Gasteiger partial charge in [-0.1, -0.05) is 6.92 Å². The number of fused-ring (bicyclic) bond motifs is 2. The largest absolute Gasteiger partial charge is 0.465 e. The van der Waals surface area contributed by atoms with Crippen LogP contribution in [-0.4, -0.2) is 48.6 Å². The zero-order valence-corrected chi connectivity index (χ0v) is 16.0. The third kappa shape index (κ3) is 3.63. The van der Waals surface area contributed by atoms with Gasteiger partial charge in [0, 0.05) is 5.92 Å². The molecule has 4 aliphatic rings. The van der Waals surface area contributed by atoms with Gasteiger partial charge in [0.25, 0.3) is 0 Å². The van der Waals surface area contributed by atoms with Crippen molar-refractivity contribution < 1.29 is 28.5 Å². The van der Waals surface area contributed by atoms with Crippen molar-refractivity contribution in [1.29, 1.82) is 0 Å². The van der Waals surface area contributed by atoms with Crippen LogP contribution in [0.3, 0.4) is 0 Å². The Labute approximate surface area is 154 Å². The quantitative estimate of drug-likeness (QED) is 0.531. The number of rotatable bonds is 6.